The van der Waals surface area contributed by atoms with Gasteiger partial charge in [0.2, 0.25) is 0 Å². The number of aryl methyl sites for hydroxylation is 1. The van der Waals surface area contributed by atoms with Gasteiger partial charge in [-0.3, -0.25) is 9.98 Å². The third-order valence-electron chi connectivity index (χ3n) is 3.31. The molecule has 1 atom stereocenters. The van der Waals surface area contributed by atoms with Crippen molar-refractivity contribution in [2.75, 3.05) is 0 Å². The van der Waals surface area contributed by atoms with Gasteiger partial charge in [-0.25, -0.2) is 4.39 Å². The lowest BCUT2D eigenvalue weighted by molar-refractivity contribution is 0.280. The highest BCUT2D eigenvalue weighted by molar-refractivity contribution is 5.85. The van der Waals surface area contributed by atoms with Crippen molar-refractivity contribution in [2.45, 2.75) is 26.5 Å². The van der Waals surface area contributed by atoms with Gasteiger partial charge in [0, 0.05) is 23.5 Å². The Morgan fingerprint density at radius 3 is 2.62 bits per heavy atom. The topological polar surface area (TPSA) is 65.7 Å². The molecule has 0 aliphatic heterocycles. The van der Waals surface area contributed by atoms with Crippen LogP contribution in [-0.4, -0.2) is 21.4 Å². The Morgan fingerprint density at radius 1 is 1.33 bits per heavy atom. The van der Waals surface area contributed by atoms with Crippen LogP contribution >= 0.6 is 0 Å². The highest BCUT2D eigenvalue weighted by Gasteiger charge is 2.10. The van der Waals surface area contributed by atoms with Gasteiger partial charge in [0.25, 0.3) is 0 Å². The molecule has 1 heterocycles. The molecule has 0 radical (unpaired) electrons. The highest BCUT2D eigenvalue weighted by Crippen LogP contribution is 2.23. The number of aromatic nitrogens is 1. The highest BCUT2D eigenvalue weighted by atomic mass is 19.1. The van der Waals surface area contributed by atoms with E-state index in [0.29, 0.717) is 16.8 Å². The molecule has 5 heteroatoms. The fraction of sp³-hybridized carbons (Fsp3) is 0.250. The number of aliphatic hydroxyl groups is 1. The SMILES string of the molecule is Cc1ncc(CO)c(C=N[C@H](C)c2ccc(F)cc2)c1O. The van der Waals surface area contributed by atoms with Crippen LogP contribution in [0.25, 0.3) is 0 Å². The van der Waals surface area contributed by atoms with Crippen molar-refractivity contribution in [1.29, 1.82) is 0 Å². The fourth-order valence-corrected chi connectivity index (χ4v) is 1.94. The summed E-state index contributed by atoms with van der Waals surface area (Å²) in [6.07, 6.45) is 3.03. The van der Waals surface area contributed by atoms with E-state index in [1.807, 2.05) is 6.92 Å². The molecule has 110 valence electrons. The number of aliphatic imine (C=N–C) groups is 1. The monoisotopic (exact) mass is 288 g/mol. The third kappa shape index (κ3) is 3.44. The van der Waals surface area contributed by atoms with Crippen molar-refractivity contribution in [3.8, 4) is 5.75 Å². The summed E-state index contributed by atoms with van der Waals surface area (Å²) < 4.78 is 12.9. The molecule has 2 N–H and O–H groups in total. The third-order valence-corrected chi connectivity index (χ3v) is 3.31. The van der Waals surface area contributed by atoms with E-state index < -0.39 is 0 Å². The van der Waals surface area contributed by atoms with Crippen LogP contribution in [0, 0.1) is 12.7 Å². The Kier molecular flexibility index (Phi) is 4.65. The van der Waals surface area contributed by atoms with E-state index in [0.717, 1.165) is 5.56 Å². The molecule has 0 saturated carbocycles. The lowest BCUT2D eigenvalue weighted by Crippen LogP contribution is -1.99. The van der Waals surface area contributed by atoms with Gasteiger partial charge in [0.15, 0.2) is 0 Å². The van der Waals surface area contributed by atoms with Crippen molar-refractivity contribution < 1.29 is 14.6 Å². The summed E-state index contributed by atoms with van der Waals surface area (Å²) >= 11 is 0. The molecule has 2 aromatic rings. The Bertz CT molecular complexity index is 654. The minimum atomic E-state index is -0.292. The molecule has 0 aliphatic rings. The summed E-state index contributed by atoms with van der Waals surface area (Å²) in [7, 11) is 0. The molecular weight excluding hydrogens is 271 g/mol. The molecule has 0 fully saturated rings. The standard InChI is InChI=1S/C16H17FN2O2/c1-10(12-3-5-14(17)6-4-12)19-8-15-13(9-20)7-18-11(2)16(15)21/h3-8,10,20-21H,9H2,1-2H3/t10-/m1/s1. The van der Waals surface area contributed by atoms with Gasteiger partial charge in [-0.2, -0.15) is 0 Å². The van der Waals surface area contributed by atoms with E-state index >= 15 is 0 Å². The maximum atomic E-state index is 12.9. The van der Waals surface area contributed by atoms with Gasteiger partial charge in [-0.15, -0.1) is 0 Å². The van der Waals surface area contributed by atoms with Gasteiger partial charge in [-0.05, 0) is 31.5 Å². The summed E-state index contributed by atoms with van der Waals surface area (Å²) in [5.41, 5.74) is 2.30. The molecule has 1 aromatic carbocycles. The van der Waals surface area contributed by atoms with E-state index in [9.17, 15) is 14.6 Å². The van der Waals surface area contributed by atoms with Crippen LogP contribution in [0.1, 0.15) is 35.3 Å². The number of benzene rings is 1. The second kappa shape index (κ2) is 6.45. The van der Waals surface area contributed by atoms with Crippen LogP contribution in [0.2, 0.25) is 0 Å². The molecule has 0 saturated heterocycles. The average Bonchev–Trinajstić information content (AvgIpc) is 2.49. The van der Waals surface area contributed by atoms with Gasteiger partial charge < -0.3 is 10.2 Å². The molecule has 4 nitrogen and oxygen atoms in total. The van der Waals surface area contributed by atoms with Crippen LogP contribution in [0.4, 0.5) is 4.39 Å². The van der Waals surface area contributed by atoms with Gasteiger partial charge in [0.05, 0.1) is 18.3 Å². The number of aromatic hydroxyl groups is 1. The zero-order chi connectivity index (χ0) is 15.4. The maximum absolute atomic E-state index is 12.9. The quantitative estimate of drug-likeness (QED) is 0.850. The van der Waals surface area contributed by atoms with E-state index in [-0.39, 0.29) is 24.2 Å². The molecule has 0 unspecified atom stereocenters. The summed E-state index contributed by atoms with van der Waals surface area (Å²) in [6.45, 7) is 3.32. The summed E-state index contributed by atoms with van der Waals surface area (Å²) in [5, 5.41) is 19.3. The zero-order valence-corrected chi connectivity index (χ0v) is 11.9. The first-order valence-electron chi connectivity index (χ1n) is 6.60. The van der Waals surface area contributed by atoms with Crippen molar-refractivity contribution in [3.05, 3.63) is 58.7 Å². The lowest BCUT2D eigenvalue weighted by Gasteiger charge is -2.09. The fourth-order valence-electron chi connectivity index (χ4n) is 1.94. The molecular formula is C16H17FN2O2. The lowest BCUT2D eigenvalue weighted by atomic mass is 10.1. The second-order valence-corrected chi connectivity index (χ2v) is 4.79. The van der Waals surface area contributed by atoms with Crippen LogP contribution in [0.15, 0.2) is 35.5 Å². The number of halogens is 1. The largest absolute Gasteiger partial charge is 0.505 e. The van der Waals surface area contributed by atoms with Crippen molar-refractivity contribution >= 4 is 6.21 Å². The molecule has 21 heavy (non-hydrogen) atoms. The van der Waals surface area contributed by atoms with E-state index in [2.05, 4.69) is 9.98 Å². The first kappa shape index (κ1) is 15.1. The maximum Gasteiger partial charge on any atom is 0.145 e. The molecule has 0 bridgehead atoms. The van der Waals surface area contributed by atoms with Gasteiger partial charge >= 0.3 is 0 Å². The summed E-state index contributed by atoms with van der Waals surface area (Å²) in [6, 6.07) is 5.91. The first-order valence-corrected chi connectivity index (χ1v) is 6.60. The molecule has 0 aliphatic carbocycles. The minimum Gasteiger partial charge on any atom is -0.505 e. The van der Waals surface area contributed by atoms with Crippen molar-refractivity contribution in [3.63, 3.8) is 0 Å². The van der Waals surface area contributed by atoms with Gasteiger partial charge in [0.1, 0.15) is 11.6 Å². The predicted molar refractivity (Wildman–Crippen MR) is 79.0 cm³/mol. The Hall–Kier alpha value is -2.27. The number of pyridine rings is 1. The van der Waals surface area contributed by atoms with Crippen LogP contribution in [-0.2, 0) is 6.61 Å². The predicted octanol–water partition coefficient (Wildman–Crippen LogP) is 2.91. The number of aliphatic hydroxyl groups excluding tert-OH is 1. The number of hydrogen-bond acceptors (Lipinski definition) is 4. The second-order valence-electron chi connectivity index (χ2n) is 4.79. The number of nitrogens with zero attached hydrogens (tertiary/aromatic N) is 2. The Labute approximate surface area is 122 Å². The van der Waals surface area contributed by atoms with E-state index in [4.69, 9.17) is 0 Å². The average molecular weight is 288 g/mol. The number of rotatable bonds is 4. The van der Waals surface area contributed by atoms with E-state index in [1.54, 1.807) is 19.1 Å². The van der Waals surface area contributed by atoms with Crippen molar-refractivity contribution in [2.24, 2.45) is 4.99 Å². The summed E-state index contributed by atoms with van der Waals surface area (Å²) in [4.78, 5) is 8.35. The van der Waals surface area contributed by atoms with Crippen LogP contribution in [0.3, 0.4) is 0 Å². The Morgan fingerprint density at radius 2 is 2.00 bits per heavy atom. The van der Waals surface area contributed by atoms with Crippen LogP contribution < -0.4 is 0 Å². The Balaban J connectivity index is 2.28. The summed E-state index contributed by atoms with van der Waals surface area (Å²) in [5.74, 6) is -0.281. The normalized spacial score (nSPS) is 12.8. The molecule has 0 amide bonds. The molecule has 2 rings (SSSR count). The minimum absolute atomic E-state index is 0.0107. The molecule has 1 aromatic heterocycles. The van der Waals surface area contributed by atoms with Gasteiger partial charge in [-0.1, -0.05) is 12.1 Å². The van der Waals surface area contributed by atoms with Crippen LogP contribution in [0.5, 0.6) is 5.75 Å². The first-order chi connectivity index (χ1) is 10.0. The smallest absolute Gasteiger partial charge is 0.145 e. The molecule has 0 spiro atoms. The number of hydrogen-bond donors (Lipinski definition) is 2. The van der Waals surface area contributed by atoms with E-state index in [1.165, 1.54) is 24.5 Å². The zero-order valence-electron chi connectivity index (χ0n) is 11.9. The van der Waals surface area contributed by atoms with Crippen molar-refractivity contribution in [1.82, 2.24) is 4.98 Å².